The average Bonchev–Trinajstić information content (AvgIpc) is 3.41. The topological polar surface area (TPSA) is 71.1 Å². The molecular weight excluding hydrogens is 384 g/mol. The number of allylic oxidation sites excluding steroid dienone is 1. The van der Waals surface area contributed by atoms with Gasteiger partial charge >= 0.3 is 11.9 Å². The predicted molar refractivity (Wildman–Crippen MR) is 109 cm³/mol. The van der Waals surface area contributed by atoms with E-state index in [0.717, 1.165) is 22.3 Å². The molecule has 6 heteroatoms. The summed E-state index contributed by atoms with van der Waals surface area (Å²) in [5, 5.41) is 0. The third-order valence-corrected chi connectivity index (χ3v) is 6.83. The molecule has 2 fully saturated rings. The standard InChI is InChI=1S/C24H28O6/c1-15-17-9-24(22(25)27-2,23(26)28-3)10-18(17)20-13-30-14-21(20)19(15)12-29-11-16-7-5-4-6-8-16/h4-8,18,20H,9-14H2,1-3H3/t18-,20+/m0/s1. The summed E-state index contributed by atoms with van der Waals surface area (Å²) in [5.41, 5.74) is 4.46. The van der Waals surface area contributed by atoms with Gasteiger partial charge in [0.2, 0.25) is 0 Å². The number of ether oxygens (including phenoxy) is 4. The van der Waals surface area contributed by atoms with Crippen LogP contribution in [0.5, 0.6) is 0 Å². The number of hydrogen-bond donors (Lipinski definition) is 0. The lowest BCUT2D eigenvalue weighted by Crippen LogP contribution is -2.39. The zero-order valence-corrected chi connectivity index (χ0v) is 17.7. The first-order valence-corrected chi connectivity index (χ1v) is 10.3. The van der Waals surface area contributed by atoms with Crippen LogP contribution >= 0.6 is 0 Å². The molecule has 1 aliphatic heterocycles. The van der Waals surface area contributed by atoms with Crippen LogP contribution in [0.15, 0.2) is 52.6 Å². The highest BCUT2D eigenvalue weighted by atomic mass is 16.5. The van der Waals surface area contributed by atoms with Gasteiger partial charge in [-0.2, -0.15) is 0 Å². The molecule has 4 rings (SSSR count). The second kappa shape index (κ2) is 8.36. The van der Waals surface area contributed by atoms with Crippen LogP contribution in [0, 0.1) is 17.3 Å². The SMILES string of the molecule is COC(=O)C1(C(=O)OC)CC2=C(C)C(COCc3ccccc3)=C3COC[C@@H]3[C@H]2C1. The van der Waals surface area contributed by atoms with Crippen molar-refractivity contribution in [3.05, 3.63) is 58.2 Å². The monoisotopic (exact) mass is 412 g/mol. The molecule has 0 spiro atoms. The Morgan fingerprint density at radius 2 is 1.73 bits per heavy atom. The number of benzene rings is 1. The Kier molecular flexibility index (Phi) is 5.80. The van der Waals surface area contributed by atoms with Gasteiger partial charge in [0.15, 0.2) is 5.41 Å². The fourth-order valence-electron chi connectivity index (χ4n) is 5.26. The number of esters is 2. The fourth-order valence-corrected chi connectivity index (χ4v) is 5.26. The highest BCUT2D eigenvalue weighted by Crippen LogP contribution is 2.56. The Morgan fingerprint density at radius 3 is 2.40 bits per heavy atom. The Labute approximate surface area is 176 Å². The quantitative estimate of drug-likeness (QED) is 0.528. The number of methoxy groups -OCH3 is 2. The molecule has 1 aromatic rings. The van der Waals surface area contributed by atoms with Crippen molar-refractivity contribution in [3.63, 3.8) is 0 Å². The number of carbonyl (C=O) groups is 2. The van der Waals surface area contributed by atoms with Crippen LogP contribution < -0.4 is 0 Å². The minimum Gasteiger partial charge on any atom is -0.468 e. The van der Waals surface area contributed by atoms with Crippen molar-refractivity contribution in [2.75, 3.05) is 34.0 Å². The van der Waals surface area contributed by atoms with Crippen molar-refractivity contribution in [1.29, 1.82) is 0 Å². The molecular formula is C24H28O6. The molecule has 1 saturated carbocycles. The molecule has 0 aromatic heterocycles. The second-order valence-corrected chi connectivity index (χ2v) is 8.31. The summed E-state index contributed by atoms with van der Waals surface area (Å²) < 4.78 is 21.9. The van der Waals surface area contributed by atoms with Gasteiger partial charge in [0, 0.05) is 5.92 Å². The van der Waals surface area contributed by atoms with Crippen LogP contribution in [-0.2, 0) is 35.1 Å². The van der Waals surface area contributed by atoms with Gasteiger partial charge in [0.05, 0.1) is 40.6 Å². The van der Waals surface area contributed by atoms with E-state index in [4.69, 9.17) is 18.9 Å². The molecule has 0 unspecified atom stereocenters. The molecule has 0 radical (unpaired) electrons. The molecule has 3 aliphatic rings. The molecule has 0 N–H and O–H groups in total. The average molecular weight is 412 g/mol. The van der Waals surface area contributed by atoms with Crippen molar-refractivity contribution in [3.8, 4) is 0 Å². The summed E-state index contributed by atoms with van der Waals surface area (Å²) in [7, 11) is 2.64. The zero-order chi connectivity index (χ0) is 21.3. The lowest BCUT2D eigenvalue weighted by molar-refractivity contribution is -0.168. The van der Waals surface area contributed by atoms with Gasteiger partial charge in [0.25, 0.3) is 0 Å². The first-order chi connectivity index (χ1) is 14.5. The van der Waals surface area contributed by atoms with Crippen molar-refractivity contribution in [1.82, 2.24) is 0 Å². The maximum Gasteiger partial charge on any atom is 0.323 e. The van der Waals surface area contributed by atoms with E-state index in [9.17, 15) is 9.59 Å². The molecule has 1 heterocycles. The van der Waals surface area contributed by atoms with Crippen LogP contribution in [0.1, 0.15) is 25.3 Å². The summed E-state index contributed by atoms with van der Waals surface area (Å²) in [5.74, 6) is -0.799. The third kappa shape index (κ3) is 3.38. The van der Waals surface area contributed by atoms with E-state index in [-0.39, 0.29) is 11.8 Å². The maximum absolute atomic E-state index is 12.7. The summed E-state index contributed by atoms with van der Waals surface area (Å²) in [6.07, 6.45) is 0.726. The molecule has 0 amide bonds. The van der Waals surface area contributed by atoms with E-state index in [1.54, 1.807) is 0 Å². The predicted octanol–water partition coefficient (Wildman–Crippen LogP) is 3.22. The Balaban J connectivity index is 1.62. The third-order valence-electron chi connectivity index (χ3n) is 6.83. The molecule has 1 saturated heterocycles. The van der Waals surface area contributed by atoms with Crippen LogP contribution in [0.3, 0.4) is 0 Å². The lowest BCUT2D eigenvalue weighted by Gasteiger charge is -2.30. The summed E-state index contributed by atoms with van der Waals surface area (Å²) >= 11 is 0. The van der Waals surface area contributed by atoms with Crippen molar-refractivity contribution < 1.29 is 28.5 Å². The van der Waals surface area contributed by atoms with Gasteiger partial charge < -0.3 is 18.9 Å². The minimum atomic E-state index is -1.28. The van der Waals surface area contributed by atoms with Gasteiger partial charge in [-0.1, -0.05) is 35.9 Å². The molecule has 6 nitrogen and oxygen atoms in total. The Bertz CT molecular complexity index is 882. The normalized spacial score (nSPS) is 24.5. The van der Waals surface area contributed by atoms with E-state index < -0.39 is 17.4 Å². The zero-order valence-electron chi connectivity index (χ0n) is 17.7. The highest BCUT2D eigenvalue weighted by Gasteiger charge is 2.59. The second-order valence-electron chi connectivity index (χ2n) is 8.31. The van der Waals surface area contributed by atoms with Gasteiger partial charge in [-0.05, 0) is 48.0 Å². The number of rotatable bonds is 6. The molecule has 1 aromatic carbocycles. The van der Waals surface area contributed by atoms with E-state index in [0.29, 0.717) is 39.3 Å². The fraction of sp³-hybridized carbons (Fsp3) is 0.500. The van der Waals surface area contributed by atoms with Crippen molar-refractivity contribution in [2.24, 2.45) is 17.3 Å². The lowest BCUT2D eigenvalue weighted by atomic mass is 9.74. The van der Waals surface area contributed by atoms with Gasteiger partial charge in [-0.25, -0.2) is 0 Å². The summed E-state index contributed by atoms with van der Waals surface area (Å²) in [4.78, 5) is 25.3. The summed E-state index contributed by atoms with van der Waals surface area (Å²) in [6, 6.07) is 10.1. The maximum atomic E-state index is 12.7. The summed E-state index contributed by atoms with van der Waals surface area (Å²) in [6.45, 7) is 4.24. The highest BCUT2D eigenvalue weighted by molar-refractivity contribution is 6.01. The molecule has 160 valence electrons. The first-order valence-electron chi connectivity index (χ1n) is 10.3. The minimum absolute atomic E-state index is 0.0820. The van der Waals surface area contributed by atoms with Gasteiger partial charge in [0.1, 0.15) is 0 Å². The van der Waals surface area contributed by atoms with E-state index >= 15 is 0 Å². The van der Waals surface area contributed by atoms with Gasteiger partial charge in [-0.3, -0.25) is 9.59 Å². The van der Waals surface area contributed by atoms with Crippen LogP contribution in [-0.4, -0.2) is 46.0 Å². The molecule has 30 heavy (non-hydrogen) atoms. The van der Waals surface area contributed by atoms with E-state index in [1.807, 2.05) is 30.3 Å². The van der Waals surface area contributed by atoms with E-state index in [2.05, 4.69) is 6.92 Å². The largest absolute Gasteiger partial charge is 0.468 e. The smallest absolute Gasteiger partial charge is 0.323 e. The molecule has 2 atom stereocenters. The number of carbonyl (C=O) groups excluding carboxylic acids is 2. The van der Waals surface area contributed by atoms with Crippen molar-refractivity contribution >= 4 is 11.9 Å². The van der Waals surface area contributed by atoms with Gasteiger partial charge in [-0.15, -0.1) is 0 Å². The first kappa shape index (κ1) is 20.8. The molecule has 2 aliphatic carbocycles. The number of hydrogen-bond acceptors (Lipinski definition) is 6. The molecule has 0 bridgehead atoms. The van der Waals surface area contributed by atoms with Crippen LogP contribution in [0.2, 0.25) is 0 Å². The Morgan fingerprint density at radius 1 is 1.03 bits per heavy atom. The van der Waals surface area contributed by atoms with Crippen LogP contribution in [0.25, 0.3) is 0 Å². The number of fused-ring (bicyclic) bond motifs is 3. The van der Waals surface area contributed by atoms with E-state index in [1.165, 1.54) is 19.8 Å². The van der Waals surface area contributed by atoms with Crippen molar-refractivity contribution in [2.45, 2.75) is 26.4 Å². The van der Waals surface area contributed by atoms with Crippen LogP contribution in [0.4, 0.5) is 0 Å². The Hall–Kier alpha value is -2.44.